The molecule has 11 heteroatoms. The first-order chi connectivity index (χ1) is 14.4. The number of ether oxygens (including phenoxy) is 2. The number of aromatic nitrogens is 2. The molecule has 1 aromatic carbocycles. The Hall–Kier alpha value is -3.65. The fourth-order valence-electron chi connectivity index (χ4n) is 2.05. The molecule has 2 heterocycles. The van der Waals surface area contributed by atoms with Gasteiger partial charge in [-0.15, -0.1) is 6.42 Å². The van der Waals surface area contributed by atoms with Gasteiger partial charge in [-0.2, -0.15) is 0 Å². The number of amides is 1. The van der Waals surface area contributed by atoms with Crippen LogP contribution in [0.1, 0.15) is 10.5 Å². The van der Waals surface area contributed by atoms with E-state index in [2.05, 4.69) is 26.2 Å². The van der Waals surface area contributed by atoms with Gasteiger partial charge in [0.25, 0.3) is 12.3 Å². The zero-order valence-corrected chi connectivity index (χ0v) is 15.6. The summed E-state index contributed by atoms with van der Waals surface area (Å²) >= 11 is 0. The summed E-state index contributed by atoms with van der Waals surface area (Å²) in [4.78, 5) is 23.1. The van der Waals surface area contributed by atoms with Crippen molar-refractivity contribution >= 4 is 17.4 Å². The number of halogens is 3. The highest BCUT2D eigenvalue weighted by Gasteiger charge is 2.22. The van der Waals surface area contributed by atoms with Crippen molar-refractivity contribution in [2.45, 2.75) is 12.5 Å². The minimum Gasteiger partial charge on any atom is -0.463 e. The minimum absolute atomic E-state index is 0.0294. The Bertz CT molecular complexity index is 899. The van der Waals surface area contributed by atoms with Crippen LogP contribution in [-0.2, 0) is 4.74 Å². The predicted octanol–water partition coefficient (Wildman–Crippen LogP) is 1.89. The number of carbonyl (C=O) groups is 1. The molecule has 1 aromatic heterocycles. The van der Waals surface area contributed by atoms with Crippen LogP contribution < -0.4 is 15.8 Å². The molecule has 1 amide bonds. The van der Waals surface area contributed by atoms with Crippen molar-refractivity contribution < 1.29 is 27.4 Å². The molecule has 1 unspecified atom stereocenters. The SMILES string of the molecule is C#CCOc1cnc(C(=O)Nc2ccc(F)cc2)cn1.NC1=NC(C(F)F)COC1. The van der Waals surface area contributed by atoms with E-state index in [4.69, 9.17) is 21.6 Å². The third-order valence-electron chi connectivity index (χ3n) is 3.43. The maximum absolute atomic E-state index is 12.7. The molecule has 30 heavy (non-hydrogen) atoms. The van der Waals surface area contributed by atoms with E-state index >= 15 is 0 Å². The van der Waals surface area contributed by atoms with Crippen LogP contribution in [0.5, 0.6) is 5.88 Å². The molecule has 1 aliphatic heterocycles. The summed E-state index contributed by atoms with van der Waals surface area (Å²) in [7, 11) is 0. The number of aliphatic imine (C=N–C) groups is 1. The summed E-state index contributed by atoms with van der Waals surface area (Å²) in [5, 5.41) is 2.57. The molecule has 0 saturated heterocycles. The second kappa shape index (κ2) is 11.4. The number of nitrogens with two attached hydrogens (primary N) is 1. The van der Waals surface area contributed by atoms with Gasteiger partial charge in [-0.05, 0) is 24.3 Å². The van der Waals surface area contributed by atoms with E-state index in [9.17, 15) is 18.0 Å². The second-order valence-electron chi connectivity index (χ2n) is 5.73. The first-order valence-corrected chi connectivity index (χ1v) is 8.52. The zero-order valence-electron chi connectivity index (χ0n) is 15.6. The first-order valence-electron chi connectivity index (χ1n) is 8.52. The fraction of sp³-hybridized carbons (Fsp3) is 0.263. The smallest absolute Gasteiger partial charge is 0.275 e. The maximum atomic E-state index is 12.7. The molecule has 0 aliphatic carbocycles. The molecule has 1 aliphatic rings. The van der Waals surface area contributed by atoms with Crippen LogP contribution in [-0.4, -0.2) is 54.0 Å². The minimum atomic E-state index is -2.47. The lowest BCUT2D eigenvalue weighted by Gasteiger charge is -2.17. The van der Waals surface area contributed by atoms with Crippen molar-refractivity contribution in [3.05, 3.63) is 48.2 Å². The predicted molar refractivity (Wildman–Crippen MR) is 103 cm³/mol. The number of nitrogens with zero attached hydrogens (tertiary/aromatic N) is 3. The van der Waals surface area contributed by atoms with Crippen LogP contribution in [0.2, 0.25) is 0 Å². The lowest BCUT2D eigenvalue weighted by molar-refractivity contribution is 0.0505. The first kappa shape index (κ1) is 22.6. The van der Waals surface area contributed by atoms with E-state index in [0.29, 0.717) is 5.69 Å². The molecule has 1 atom stereocenters. The van der Waals surface area contributed by atoms with E-state index in [0.717, 1.165) is 0 Å². The van der Waals surface area contributed by atoms with Crippen molar-refractivity contribution in [2.24, 2.45) is 10.7 Å². The number of hydrogen-bond donors (Lipinski definition) is 2. The fourth-order valence-corrected chi connectivity index (χ4v) is 2.05. The Morgan fingerprint density at radius 3 is 2.60 bits per heavy atom. The molecule has 0 radical (unpaired) electrons. The zero-order chi connectivity index (χ0) is 21.9. The van der Waals surface area contributed by atoms with Crippen molar-refractivity contribution in [2.75, 3.05) is 25.1 Å². The molecular weight excluding hydrogens is 403 g/mol. The highest BCUT2D eigenvalue weighted by molar-refractivity contribution is 6.02. The van der Waals surface area contributed by atoms with Gasteiger partial charge in [-0.3, -0.25) is 9.79 Å². The average molecular weight is 421 g/mol. The summed E-state index contributed by atoms with van der Waals surface area (Å²) in [6.45, 7) is 0.220. The van der Waals surface area contributed by atoms with E-state index in [-0.39, 0.29) is 43.0 Å². The van der Waals surface area contributed by atoms with Crippen LogP contribution in [0.25, 0.3) is 0 Å². The molecule has 2 aromatic rings. The van der Waals surface area contributed by atoms with Gasteiger partial charge in [0.2, 0.25) is 5.88 Å². The lowest BCUT2D eigenvalue weighted by atomic mass is 10.3. The summed E-state index contributed by atoms with van der Waals surface area (Å²) < 4.78 is 46.2. The molecule has 0 bridgehead atoms. The van der Waals surface area contributed by atoms with Crippen molar-refractivity contribution in [3.8, 4) is 18.2 Å². The summed E-state index contributed by atoms with van der Waals surface area (Å²) in [6.07, 6.45) is 5.13. The number of carbonyl (C=O) groups excluding carboxylic acids is 1. The van der Waals surface area contributed by atoms with Gasteiger partial charge in [0.05, 0.1) is 19.0 Å². The number of alkyl halides is 2. The quantitative estimate of drug-likeness (QED) is 0.714. The van der Waals surface area contributed by atoms with Gasteiger partial charge < -0.3 is 20.5 Å². The van der Waals surface area contributed by atoms with E-state index in [1.54, 1.807) is 0 Å². The highest BCUT2D eigenvalue weighted by atomic mass is 19.3. The summed E-state index contributed by atoms with van der Waals surface area (Å²) in [5.74, 6) is 1.85. The van der Waals surface area contributed by atoms with E-state index in [1.165, 1.54) is 36.7 Å². The molecule has 158 valence electrons. The Balaban J connectivity index is 0.000000269. The number of nitrogens with one attached hydrogen (secondary N) is 1. The number of anilines is 1. The van der Waals surface area contributed by atoms with E-state index in [1.807, 2.05) is 0 Å². The maximum Gasteiger partial charge on any atom is 0.275 e. The Morgan fingerprint density at radius 2 is 2.07 bits per heavy atom. The third-order valence-corrected chi connectivity index (χ3v) is 3.43. The van der Waals surface area contributed by atoms with Crippen LogP contribution in [0, 0.1) is 18.2 Å². The van der Waals surface area contributed by atoms with Gasteiger partial charge in [-0.1, -0.05) is 5.92 Å². The van der Waals surface area contributed by atoms with E-state index < -0.39 is 18.4 Å². The summed E-state index contributed by atoms with van der Waals surface area (Å²) in [6, 6.07) is 4.33. The van der Waals surface area contributed by atoms with Crippen molar-refractivity contribution in [1.29, 1.82) is 0 Å². The van der Waals surface area contributed by atoms with Gasteiger partial charge in [0, 0.05) is 5.69 Å². The number of hydrogen-bond acceptors (Lipinski definition) is 7. The summed E-state index contributed by atoms with van der Waals surface area (Å²) in [5.41, 5.74) is 5.73. The Kier molecular flexibility index (Phi) is 8.58. The highest BCUT2D eigenvalue weighted by Crippen LogP contribution is 2.11. The standard InChI is InChI=1S/C14H10FN3O2.C5H8F2N2O/c1-2-7-20-13-9-16-12(8-17-13)14(19)18-11-5-3-10(15)4-6-11;6-5(7)3-1-10-2-4(8)9-3/h1,3-6,8-9H,7H2,(H,18,19);3,5H,1-2H2,(H2,8,9). The Morgan fingerprint density at radius 1 is 1.33 bits per heavy atom. The second-order valence-corrected chi connectivity index (χ2v) is 5.73. The van der Waals surface area contributed by atoms with Crippen LogP contribution in [0.3, 0.4) is 0 Å². The normalized spacial score (nSPS) is 15.3. The molecular formula is C19H18F3N5O3. The number of benzene rings is 1. The molecule has 8 nitrogen and oxygen atoms in total. The van der Waals surface area contributed by atoms with Crippen molar-refractivity contribution in [1.82, 2.24) is 9.97 Å². The number of terminal acetylenes is 1. The molecule has 3 rings (SSSR count). The van der Waals surface area contributed by atoms with Gasteiger partial charge in [0.15, 0.2) is 6.61 Å². The van der Waals surface area contributed by atoms with Gasteiger partial charge in [0.1, 0.15) is 30.0 Å². The third kappa shape index (κ3) is 7.40. The number of rotatable bonds is 5. The monoisotopic (exact) mass is 421 g/mol. The lowest BCUT2D eigenvalue weighted by Crippen LogP contribution is -2.34. The molecule has 0 spiro atoms. The molecule has 3 N–H and O–H groups in total. The van der Waals surface area contributed by atoms with Crippen LogP contribution >= 0.6 is 0 Å². The van der Waals surface area contributed by atoms with Gasteiger partial charge in [-0.25, -0.2) is 23.1 Å². The number of amidine groups is 1. The van der Waals surface area contributed by atoms with Crippen LogP contribution in [0.15, 0.2) is 41.7 Å². The Labute approximate surface area is 170 Å². The molecule has 0 fully saturated rings. The van der Waals surface area contributed by atoms with Crippen LogP contribution in [0.4, 0.5) is 18.9 Å². The topological polar surface area (TPSA) is 112 Å². The largest absolute Gasteiger partial charge is 0.463 e. The van der Waals surface area contributed by atoms with Gasteiger partial charge >= 0.3 is 0 Å². The molecule has 0 saturated carbocycles. The van der Waals surface area contributed by atoms with Crippen molar-refractivity contribution in [3.63, 3.8) is 0 Å². The average Bonchev–Trinajstić information content (AvgIpc) is 2.74.